The van der Waals surface area contributed by atoms with E-state index in [1.54, 1.807) is 7.11 Å². The average molecular weight is 348 g/mol. The Kier molecular flexibility index (Phi) is 4.03. The maximum Gasteiger partial charge on any atom is 0.316 e. The van der Waals surface area contributed by atoms with Crippen LogP contribution in [0.15, 0.2) is 6.07 Å². The van der Waals surface area contributed by atoms with Crippen molar-refractivity contribution in [2.24, 2.45) is 5.92 Å². The molecule has 0 radical (unpaired) electrons. The van der Waals surface area contributed by atoms with Gasteiger partial charge in [-0.15, -0.1) is 0 Å². The predicted molar refractivity (Wildman–Crippen MR) is 86.0 cm³/mol. The molecule has 7 nitrogen and oxygen atoms in total. The van der Waals surface area contributed by atoms with Crippen LogP contribution in [0.4, 0.5) is 0 Å². The van der Waals surface area contributed by atoms with Gasteiger partial charge >= 0.3 is 5.97 Å². The summed E-state index contributed by atoms with van der Waals surface area (Å²) in [5.74, 6) is 0.873. The molecule has 7 heteroatoms. The molecule has 3 aliphatic heterocycles. The molecule has 0 saturated carbocycles. The number of benzene rings is 1. The second-order valence-electron chi connectivity index (χ2n) is 6.79. The van der Waals surface area contributed by atoms with Gasteiger partial charge in [-0.25, -0.2) is 0 Å². The molecule has 0 aromatic heterocycles. The molecule has 1 N–H and O–H groups in total. The highest BCUT2D eigenvalue weighted by Gasteiger charge is 2.41. The SMILES string of the molecule is COc1c2c(cc3c1[C@@H](CC(=O)[C@@H]1CCOC1=O)[NH+](C)CC3)OCO2. The Balaban J connectivity index is 1.70. The molecule has 1 unspecified atom stereocenters. The van der Waals surface area contributed by atoms with Crippen LogP contribution in [0.3, 0.4) is 0 Å². The number of fused-ring (bicyclic) bond motifs is 2. The number of cyclic esters (lactones) is 1. The van der Waals surface area contributed by atoms with Crippen molar-refractivity contribution in [3.05, 3.63) is 17.2 Å². The largest absolute Gasteiger partial charge is 0.492 e. The van der Waals surface area contributed by atoms with Crippen LogP contribution in [-0.2, 0) is 20.7 Å². The Labute approximate surface area is 145 Å². The Morgan fingerprint density at radius 1 is 1.36 bits per heavy atom. The number of ether oxygens (including phenoxy) is 4. The van der Waals surface area contributed by atoms with Crippen molar-refractivity contribution >= 4 is 11.8 Å². The van der Waals surface area contributed by atoms with Gasteiger partial charge in [-0.2, -0.15) is 0 Å². The lowest BCUT2D eigenvalue weighted by atomic mass is 9.86. The second-order valence-corrected chi connectivity index (χ2v) is 6.79. The van der Waals surface area contributed by atoms with Crippen LogP contribution >= 0.6 is 0 Å². The summed E-state index contributed by atoms with van der Waals surface area (Å²) in [5.41, 5.74) is 2.12. The van der Waals surface area contributed by atoms with Crippen molar-refractivity contribution in [2.75, 3.05) is 34.1 Å². The highest BCUT2D eigenvalue weighted by molar-refractivity contribution is 6.00. The summed E-state index contributed by atoms with van der Waals surface area (Å²) >= 11 is 0. The zero-order valence-electron chi connectivity index (χ0n) is 14.4. The van der Waals surface area contributed by atoms with Crippen LogP contribution in [0.1, 0.15) is 30.0 Å². The summed E-state index contributed by atoms with van der Waals surface area (Å²) in [6.45, 7) is 1.42. The fourth-order valence-corrected chi connectivity index (χ4v) is 4.03. The normalized spacial score (nSPS) is 27.0. The monoisotopic (exact) mass is 348 g/mol. The van der Waals surface area contributed by atoms with Gasteiger partial charge in [-0.3, -0.25) is 9.59 Å². The summed E-state index contributed by atoms with van der Waals surface area (Å²) < 4.78 is 21.7. The number of esters is 1. The van der Waals surface area contributed by atoms with E-state index in [0.717, 1.165) is 24.1 Å². The van der Waals surface area contributed by atoms with Crippen LogP contribution in [0.2, 0.25) is 0 Å². The van der Waals surface area contributed by atoms with Crippen molar-refractivity contribution in [1.82, 2.24) is 0 Å². The van der Waals surface area contributed by atoms with Crippen LogP contribution in [0, 0.1) is 5.92 Å². The van der Waals surface area contributed by atoms with E-state index in [-0.39, 0.29) is 25.0 Å². The Morgan fingerprint density at radius 2 is 2.20 bits per heavy atom. The first-order valence-corrected chi connectivity index (χ1v) is 8.61. The minimum absolute atomic E-state index is 0.0561. The van der Waals surface area contributed by atoms with E-state index < -0.39 is 11.9 Å². The molecular weight excluding hydrogens is 326 g/mol. The van der Waals surface area contributed by atoms with Crippen molar-refractivity contribution in [2.45, 2.75) is 25.3 Å². The molecule has 25 heavy (non-hydrogen) atoms. The maximum absolute atomic E-state index is 12.7. The van der Waals surface area contributed by atoms with Crippen molar-refractivity contribution in [3.8, 4) is 17.2 Å². The highest BCUT2D eigenvalue weighted by Crippen LogP contribution is 2.48. The van der Waals surface area contributed by atoms with Crippen LogP contribution in [-0.4, -0.2) is 45.9 Å². The highest BCUT2D eigenvalue weighted by atomic mass is 16.7. The van der Waals surface area contributed by atoms with Crippen molar-refractivity contribution in [1.29, 1.82) is 0 Å². The molecule has 4 rings (SSSR count). The number of hydrogen-bond acceptors (Lipinski definition) is 6. The predicted octanol–water partition coefficient (Wildman–Crippen LogP) is 0.0581. The third kappa shape index (κ3) is 2.63. The molecule has 3 aliphatic rings. The van der Waals surface area contributed by atoms with Crippen molar-refractivity contribution < 1.29 is 33.4 Å². The van der Waals surface area contributed by atoms with Gasteiger partial charge in [-0.05, 0) is 11.6 Å². The third-order valence-corrected chi connectivity index (χ3v) is 5.41. The van der Waals surface area contributed by atoms with Gasteiger partial charge in [0.1, 0.15) is 12.0 Å². The number of nitrogens with one attached hydrogen (secondary N) is 1. The number of quaternary nitrogens is 1. The third-order valence-electron chi connectivity index (χ3n) is 5.41. The quantitative estimate of drug-likeness (QED) is 0.613. The summed E-state index contributed by atoms with van der Waals surface area (Å²) in [6.07, 6.45) is 1.65. The van der Waals surface area contributed by atoms with Crippen LogP contribution in [0.5, 0.6) is 17.2 Å². The van der Waals surface area contributed by atoms with Crippen LogP contribution in [0.25, 0.3) is 0 Å². The molecular formula is C18H22NO6+. The lowest BCUT2D eigenvalue weighted by Crippen LogP contribution is -3.10. The first-order valence-electron chi connectivity index (χ1n) is 8.61. The first-order chi connectivity index (χ1) is 12.1. The van der Waals surface area contributed by atoms with Gasteiger partial charge < -0.3 is 23.8 Å². The summed E-state index contributed by atoms with van der Waals surface area (Å²) in [4.78, 5) is 25.7. The van der Waals surface area contributed by atoms with E-state index in [1.165, 1.54) is 4.90 Å². The molecule has 0 aliphatic carbocycles. The molecule has 1 saturated heterocycles. The lowest BCUT2D eigenvalue weighted by molar-refractivity contribution is -0.914. The Bertz CT molecular complexity index is 731. The fourth-order valence-electron chi connectivity index (χ4n) is 4.03. The number of hydrogen-bond donors (Lipinski definition) is 1. The molecule has 3 heterocycles. The number of carbonyl (C=O) groups excluding carboxylic acids is 2. The summed E-state index contributed by atoms with van der Waals surface area (Å²) in [6, 6.07) is 1.92. The van der Waals surface area contributed by atoms with Gasteiger partial charge in [0, 0.05) is 12.8 Å². The van der Waals surface area contributed by atoms with E-state index in [9.17, 15) is 9.59 Å². The van der Waals surface area contributed by atoms with E-state index in [4.69, 9.17) is 18.9 Å². The maximum atomic E-state index is 12.7. The number of likely N-dealkylation sites (N-methyl/N-ethyl adjacent to an activating group) is 1. The smallest absolute Gasteiger partial charge is 0.316 e. The number of carbonyl (C=O) groups is 2. The van der Waals surface area contributed by atoms with E-state index in [1.807, 2.05) is 6.07 Å². The second kappa shape index (κ2) is 6.22. The van der Waals surface area contributed by atoms with Gasteiger partial charge in [0.15, 0.2) is 17.3 Å². The van der Waals surface area contributed by atoms with Gasteiger partial charge in [0.2, 0.25) is 12.5 Å². The van der Waals surface area contributed by atoms with Crippen molar-refractivity contribution in [3.63, 3.8) is 0 Å². The molecule has 1 aromatic rings. The Morgan fingerprint density at radius 3 is 2.92 bits per heavy atom. The molecule has 3 atom stereocenters. The number of methoxy groups -OCH3 is 1. The molecule has 1 aromatic carbocycles. The lowest BCUT2D eigenvalue weighted by Gasteiger charge is -2.33. The molecule has 134 valence electrons. The first kappa shape index (κ1) is 16.2. The van der Waals surface area contributed by atoms with Gasteiger partial charge in [0.05, 0.1) is 39.3 Å². The minimum atomic E-state index is -0.627. The van der Waals surface area contributed by atoms with E-state index in [0.29, 0.717) is 30.3 Å². The zero-order valence-corrected chi connectivity index (χ0v) is 14.4. The van der Waals surface area contributed by atoms with E-state index in [2.05, 4.69) is 7.05 Å². The van der Waals surface area contributed by atoms with Crippen LogP contribution < -0.4 is 19.1 Å². The molecule has 0 amide bonds. The zero-order chi connectivity index (χ0) is 17.6. The summed E-state index contributed by atoms with van der Waals surface area (Å²) in [5, 5.41) is 0. The minimum Gasteiger partial charge on any atom is -0.492 e. The summed E-state index contributed by atoms with van der Waals surface area (Å²) in [7, 11) is 3.67. The number of ketones is 1. The Hall–Kier alpha value is -2.28. The van der Waals surface area contributed by atoms with Gasteiger partial charge in [-0.1, -0.05) is 0 Å². The number of Topliss-reactive ketones (excluding diaryl/α,β-unsaturated/α-hetero) is 1. The fraction of sp³-hybridized carbons (Fsp3) is 0.556. The molecule has 0 spiro atoms. The molecule has 1 fully saturated rings. The van der Waals surface area contributed by atoms with Gasteiger partial charge in [0.25, 0.3) is 0 Å². The average Bonchev–Trinajstić information content (AvgIpc) is 3.23. The molecule has 0 bridgehead atoms. The standard InChI is InChI=1S/C18H21NO6/c1-19-5-3-10-7-14-16(25-9-24-14)17(22-2)15(10)12(19)8-13(20)11-4-6-23-18(11)21/h7,11-12H,3-6,8-9H2,1-2H3/p+1/t11-,12+/m0/s1. The topological polar surface area (TPSA) is 75.5 Å². The number of rotatable bonds is 4. The van der Waals surface area contributed by atoms with E-state index >= 15 is 0 Å².